The molecule has 0 spiro atoms. The molecule has 4 nitrogen and oxygen atoms in total. The third-order valence-electron chi connectivity index (χ3n) is 2.72. The standard InChI is InChI=1S/C10H22N2O2/c1-2-13-8-10(12-11)7-9-3-5-14-6-4-9/h9-10,12H,2-8,11H2,1H3. The predicted octanol–water partition coefficient (Wildman–Crippen LogP) is 0.672. The molecule has 4 heteroatoms. The lowest BCUT2D eigenvalue weighted by atomic mass is 9.93. The van der Waals surface area contributed by atoms with Crippen molar-refractivity contribution in [2.75, 3.05) is 26.4 Å². The van der Waals surface area contributed by atoms with Gasteiger partial charge < -0.3 is 9.47 Å². The van der Waals surface area contributed by atoms with Gasteiger partial charge in [0.1, 0.15) is 0 Å². The maximum atomic E-state index is 5.47. The second kappa shape index (κ2) is 7.17. The molecule has 0 aliphatic carbocycles. The molecule has 0 aromatic heterocycles. The highest BCUT2D eigenvalue weighted by Crippen LogP contribution is 2.19. The monoisotopic (exact) mass is 202 g/mol. The lowest BCUT2D eigenvalue weighted by Gasteiger charge is -2.26. The van der Waals surface area contributed by atoms with E-state index in [1.165, 1.54) is 0 Å². The molecule has 84 valence electrons. The average molecular weight is 202 g/mol. The van der Waals surface area contributed by atoms with Gasteiger partial charge in [-0.25, -0.2) is 0 Å². The van der Waals surface area contributed by atoms with E-state index >= 15 is 0 Å². The van der Waals surface area contributed by atoms with E-state index in [9.17, 15) is 0 Å². The van der Waals surface area contributed by atoms with Crippen LogP contribution in [0.25, 0.3) is 0 Å². The molecule has 0 radical (unpaired) electrons. The average Bonchev–Trinajstić information content (AvgIpc) is 2.25. The molecule has 1 saturated heterocycles. The van der Waals surface area contributed by atoms with E-state index in [4.69, 9.17) is 15.3 Å². The summed E-state index contributed by atoms with van der Waals surface area (Å²) in [4.78, 5) is 0. The molecule has 1 rings (SSSR count). The molecule has 1 aliphatic rings. The molecule has 14 heavy (non-hydrogen) atoms. The van der Waals surface area contributed by atoms with E-state index < -0.39 is 0 Å². The van der Waals surface area contributed by atoms with Crippen molar-refractivity contribution < 1.29 is 9.47 Å². The SMILES string of the molecule is CCOCC(CC1CCOCC1)NN. The van der Waals surface area contributed by atoms with Gasteiger partial charge in [0.15, 0.2) is 0 Å². The fourth-order valence-corrected chi connectivity index (χ4v) is 1.83. The van der Waals surface area contributed by atoms with E-state index in [2.05, 4.69) is 5.43 Å². The summed E-state index contributed by atoms with van der Waals surface area (Å²) in [6.45, 7) is 5.27. The highest BCUT2D eigenvalue weighted by Gasteiger charge is 2.18. The summed E-state index contributed by atoms with van der Waals surface area (Å²) < 4.78 is 10.7. The largest absolute Gasteiger partial charge is 0.381 e. The summed E-state index contributed by atoms with van der Waals surface area (Å²) in [7, 11) is 0. The van der Waals surface area contributed by atoms with Gasteiger partial charge in [-0.3, -0.25) is 11.3 Å². The van der Waals surface area contributed by atoms with Gasteiger partial charge in [-0.05, 0) is 32.1 Å². The molecule has 0 bridgehead atoms. The normalized spacial score (nSPS) is 21.0. The number of hydrogen-bond acceptors (Lipinski definition) is 4. The van der Waals surface area contributed by atoms with Gasteiger partial charge in [-0.1, -0.05) is 0 Å². The van der Waals surface area contributed by atoms with Gasteiger partial charge in [0.2, 0.25) is 0 Å². The first kappa shape index (κ1) is 11.9. The minimum absolute atomic E-state index is 0.290. The number of hydrogen-bond donors (Lipinski definition) is 2. The summed E-state index contributed by atoms with van der Waals surface area (Å²) in [5.41, 5.74) is 2.82. The van der Waals surface area contributed by atoms with E-state index in [-0.39, 0.29) is 6.04 Å². The fourth-order valence-electron chi connectivity index (χ4n) is 1.83. The third kappa shape index (κ3) is 4.37. The molecule has 0 aromatic carbocycles. The lowest BCUT2D eigenvalue weighted by Crippen LogP contribution is -2.40. The van der Waals surface area contributed by atoms with Crippen LogP contribution in [0, 0.1) is 5.92 Å². The van der Waals surface area contributed by atoms with Gasteiger partial charge in [0.05, 0.1) is 6.61 Å². The maximum Gasteiger partial charge on any atom is 0.0633 e. The molecule has 1 fully saturated rings. The number of nitrogens with two attached hydrogens (primary N) is 1. The molecule has 0 aromatic rings. The van der Waals surface area contributed by atoms with Crippen LogP contribution in [0.1, 0.15) is 26.2 Å². The third-order valence-corrected chi connectivity index (χ3v) is 2.72. The van der Waals surface area contributed by atoms with Crippen molar-refractivity contribution in [2.24, 2.45) is 11.8 Å². The van der Waals surface area contributed by atoms with Crippen molar-refractivity contribution in [3.63, 3.8) is 0 Å². The Morgan fingerprint density at radius 2 is 2.21 bits per heavy atom. The van der Waals surface area contributed by atoms with Gasteiger partial charge in [0.25, 0.3) is 0 Å². The van der Waals surface area contributed by atoms with Crippen LogP contribution in [0.5, 0.6) is 0 Å². The zero-order valence-corrected chi connectivity index (χ0v) is 9.00. The van der Waals surface area contributed by atoms with Crippen LogP contribution in [0.4, 0.5) is 0 Å². The number of ether oxygens (including phenoxy) is 2. The Hall–Kier alpha value is -0.160. The van der Waals surface area contributed by atoms with Crippen molar-refractivity contribution >= 4 is 0 Å². The molecular formula is C10H22N2O2. The Balaban J connectivity index is 2.16. The minimum Gasteiger partial charge on any atom is -0.381 e. The Labute approximate surface area is 86.1 Å². The molecule has 3 N–H and O–H groups in total. The molecule has 1 heterocycles. The Bertz CT molecular complexity index is 138. The first-order valence-electron chi connectivity index (χ1n) is 5.48. The molecule has 1 unspecified atom stereocenters. The first-order valence-corrected chi connectivity index (χ1v) is 5.48. The zero-order chi connectivity index (χ0) is 10.2. The van der Waals surface area contributed by atoms with Crippen molar-refractivity contribution in [2.45, 2.75) is 32.2 Å². The second-order valence-corrected chi connectivity index (χ2v) is 3.81. The minimum atomic E-state index is 0.290. The zero-order valence-electron chi connectivity index (χ0n) is 9.00. The maximum absolute atomic E-state index is 5.47. The second-order valence-electron chi connectivity index (χ2n) is 3.81. The molecule has 1 atom stereocenters. The molecule has 0 amide bonds. The van der Waals surface area contributed by atoms with Crippen LogP contribution in [0.15, 0.2) is 0 Å². The Kier molecular flexibility index (Phi) is 6.10. The molecular weight excluding hydrogens is 180 g/mol. The summed E-state index contributed by atoms with van der Waals surface area (Å²) in [5.74, 6) is 6.21. The highest BCUT2D eigenvalue weighted by molar-refractivity contribution is 4.71. The topological polar surface area (TPSA) is 56.5 Å². The van der Waals surface area contributed by atoms with Crippen molar-refractivity contribution in [1.29, 1.82) is 0 Å². The van der Waals surface area contributed by atoms with Crippen LogP contribution in [0.2, 0.25) is 0 Å². The first-order chi connectivity index (χ1) is 6.86. The molecule has 0 saturated carbocycles. The van der Waals surface area contributed by atoms with Crippen LogP contribution < -0.4 is 11.3 Å². The van der Waals surface area contributed by atoms with Gasteiger partial charge in [-0.15, -0.1) is 0 Å². The van der Waals surface area contributed by atoms with Gasteiger partial charge >= 0.3 is 0 Å². The molecule has 1 aliphatic heterocycles. The fraction of sp³-hybridized carbons (Fsp3) is 1.00. The number of hydrazine groups is 1. The smallest absolute Gasteiger partial charge is 0.0633 e. The van der Waals surface area contributed by atoms with Crippen molar-refractivity contribution in [3.05, 3.63) is 0 Å². The quantitative estimate of drug-likeness (QED) is 0.491. The lowest BCUT2D eigenvalue weighted by molar-refractivity contribution is 0.0517. The summed E-state index contributed by atoms with van der Waals surface area (Å²) in [5, 5.41) is 0. The summed E-state index contributed by atoms with van der Waals surface area (Å²) >= 11 is 0. The summed E-state index contributed by atoms with van der Waals surface area (Å²) in [6.07, 6.45) is 3.41. The number of nitrogens with one attached hydrogen (secondary N) is 1. The van der Waals surface area contributed by atoms with E-state index in [0.717, 1.165) is 45.0 Å². The van der Waals surface area contributed by atoms with Crippen molar-refractivity contribution in [1.82, 2.24) is 5.43 Å². The van der Waals surface area contributed by atoms with E-state index in [1.807, 2.05) is 6.92 Å². The van der Waals surface area contributed by atoms with Crippen LogP contribution >= 0.6 is 0 Å². The van der Waals surface area contributed by atoms with E-state index in [1.54, 1.807) is 0 Å². The Morgan fingerprint density at radius 1 is 1.50 bits per heavy atom. The highest BCUT2D eigenvalue weighted by atomic mass is 16.5. The van der Waals surface area contributed by atoms with Crippen LogP contribution in [-0.2, 0) is 9.47 Å². The number of rotatable bonds is 6. The van der Waals surface area contributed by atoms with E-state index in [0.29, 0.717) is 6.61 Å². The van der Waals surface area contributed by atoms with Crippen LogP contribution in [0.3, 0.4) is 0 Å². The van der Waals surface area contributed by atoms with Crippen LogP contribution in [-0.4, -0.2) is 32.5 Å². The van der Waals surface area contributed by atoms with Gasteiger partial charge in [0, 0.05) is 25.9 Å². The Morgan fingerprint density at radius 3 is 2.79 bits per heavy atom. The van der Waals surface area contributed by atoms with Gasteiger partial charge in [-0.2, -0.15) is 0 Å². The van der Waals surface area contributed by atoms with Crippen molar-refractivity contribution in [3.8, 4) is 0 Å². The summed E-state index contributed by atoms with van der Waals surface area (Å²) in [6, 6.07) is 0.290. The predicted molar refractivity (Wildman–Crippen MR) is 55.8 cm³/mol.